The molecule has 21 heavy (non-hydrogen) atoms. The molecule has 1 aromatic rings. The van der Waals surface area contributed by atoms with Crippen molar-refractivity contribution in [3.63, 3.8) is 0 Å². The van der Waals surface area contributed by atoms with Gasteiger partial charge in [0.05, 0.1) is 12.0 Å². The van der Waals surface area contributed by atoms with Crippen molar-refractivity contribution < 1.29 is 17.9 Å². The molecule has 0 radical (unpaired) electrons. The number of carbonyl (C=O) groups is 1. The minimum Gasteiger partial charge on any atom is -0.453 e. The SMILES string of the molecule is COC(=O)N1CCN(S(=O)(=O)c2cc(N)ccc2Br)CC1. The van der Waals surface area contributed by atoms with Crippen molar-refractivity contribution in [1.29, 1.82) is 0 Å². The van der Waals surface area contributed by atoms with E-state index in [2.05, 4.69) is 20.7 Å². The number of hydrogen-bond acceptors (Lipinski definition) is 5. The number of hydrogen-bond donors (Lipinski definition) is 1. The Morgan fingerprint density at radius 2 is 1.90 bits per heavy atom. The van der Waals surface area contributed by atoms with E-state index >= 15 is 0 Å². The fourth-order valence-electron chi connectivity index (χ4n) is 2.10. The van der Waals surface area contributed by atoms with E-state index in [9.17, 15) is 13.2 Å². The first kappa shape index (κ1) is 16.1. The van der Waals surface area contributed by atoms with Gasteiger partial charge in [0.15, 0.2) is 0 Å². The monoisotopic (exact) mass is 377 g/mol. The maximum absolute atomic E-state index is 12.6. The standard InChI is InChI=1S/C12H16BrN3O4S/c1-20-12(17)15-4-6-16(7-5-15)21(18,19)11-8-9(14)2-3-10(11)13/h2-3,8H,4-7,14H2,1H3. The molecule has 2 N–H and O–H groups in total. The molecule has 0 unspecified atom stereocenters. The molecule has 0 aliphatic carbocycles. The Morgan fingerprint density at radius 3 is 2.48 bits per heavy atom. The molecule has 2 rings (SSSR count). The number of ether oxygens (including phenoxy) is 1. The molecule has 1 aliphatic rings. The van der Waals surface area contributed by atoms with E-state index in [0.717, 1.165) is 0 Å². The third kappa shape index (κ3) is 3.30. The van der Waals surface area contributed by atoms with E-state index in [1.165, 1.54) is 22.4 Å². The molecule has 116 valence electrons. The summed E-state index contributed by atoms with van der Waals surface area (Å²) in [6, 6.07) is 4.65. The summed E-state index contributed by atoms with van der Waals surface area (Å²) in [6.07, 6.45) is -0.447. The van der Waals surface area contributed by atoms with Crippen molar-refractivity contribution in [2.75, 3.05) is 39.0 Å². The first-order chi connectivity index (χ1) is 9.86. The lowest BCUT2D eigenvalue weighted by atomic mass is 10.3. The molecule has 7 nitrogen and oxygen atoms in total. The van der Waals surface area contributed by atoms with Crippen molar-refractivity contribution in [1.82, 2.24) is 9.21 Å². The minimum absolute atomic E-state index is 0.133. The van der Waals surface area contributed by atoms with E-state index in [1.54, 1.807) is 12.1 Å². The van der Waals surface area contributed by atoms with Gasteiger partial charge in [-0.3, -0.25) is 0 Å². The number of sulfonamides is 1. The van der Waals surface area contributed by atoms with Crippen molar-refractivity contribution in [3.8, 4) is 0 Å². The molecular weight excluding hydrogens is 362 g/mol. The molecular formula is C12H16BrN3O4S. The Balaban J connectivity index is 2.19. The lowest BCUT2D eigenvalue weighted by Crippen LogP contribution is -2.50. The van der Waals surface area contributed by atoms with Crippen LogP contribution in [0, 0.1) is 0 Å². The molecule has 1 fully saturated rings. The van der Waals surface area contributed by atoms with E-state index < -0.39 is 16.1 Å². The van der Waals surface area contributed by atoms with Gasteiger partial charge in [0.1, 0.15) is 0 Å². The van der Waals surface area contributed by atoms with Gasteiger partial charge in [0.25, 0.3) is 0 Å². The molecule has 0 atom stereocenters. The van der Waals surface area contributed by atoms with Crippen LogP contribution in [0.5, 0.6) is 0 Å². The number of rotatable bonds is 2. The van der Waals surface area contributed by atoms with Crippen LogP contribution in [0.15, 0.2) is 27.6 Å². The van der Waals surface area contributed by atoms with Crippen molar-refractivity contribution in [2.45, 2.75) is 4.90 Å². The second-order valence-electron chi connectivity index (χ2n) is 4.55. The van der Waals surface area contributed by atoms with E-state index in [1.807, 2.05) is 0 Å². The Morgan fingerprint density at radius 1 is 1.29 bits per heavy atom. The van der Waals surface area contributed by atoms with E-state index in [0.29, 0.717) is 23.2 Å². The fourth-order valence-corrected chi connectivity index (χ4v) is 4.48. The zero-order chi connectivity index (χ0) is 15.6. The molecule has 0 bridgehead atoms. The van der Waals surface area contributed by atoms with Gasteiger partial charge in [-0.15, -0.1) is 0 Å². The number of piperazine rings is 1. The number of anilines is 1. The normalized spacial score (nSPS) is 16.8. The molecule has 1 saturated heterocycles. The summed E-state index contributed by atoms with van der Waals surface area (Å²) in [5.74, 6) is 0. The van der Waals surface area contributed by atoms with Crippen LogP contribution in [0.3, 0.4) is 0 Å². The van der Waals surface area contributed by atoms with Crippen molar-refractivity contribution in [2.24, 2.45) is 0 Å². The predicted molar refractivity (Wildman–Crippen MR) is 81.3 cm³/mol. The third-order valence-corrected chi connectivity index (χ3v) is 6.14. The molecule has 1 amide bonds. The summed E-state index contributed by atoms with van der Waals surface area (Å²) >= 11 is 3.23. The third-order valence-electron chi connectivity index (χ3n) is 3.24. The van der Waals surface area contributed by atoms with Gasteiger partial charge in [-0.1, -0.05) is 0 Å². The maximum atomic E-state index is 12.6. The number of nitrogens with zero attached hydrogens (tertiary/aromatic N) is 2. The number of methoxy groups -OCH3 is 1. The maximum Gasteiger partial charge on any atom is 0.409 e. The zero-order valence-electron chi connectivity index (χ0n) is 11.5. The molecule has 1 heterocycles. The van der Waals surface area contributed by atoms with Gasteiger partial charge in [-0.25, -0.2) is 13.2 Å². The van der Waals surface area contributed by atoms with Gasteiger partial charge >= 0.3 is 6.09 Å². The van der Waals surface area contributed by atoms with Gasteiger partial charge in [-0.05, 0) is 34.1 Å². The van der Waals surface area contributed by atoms with Crippen LogP contribution in [0.2, 0.25) is 0 Å². The quantitative estimate of drug-likeness (QED) is 0.779. The predicted octanol–water partition coefficient (Wildman–Crippen LogP) is 1.10. The number of halogens is 1. The zero-order valence-corrected chi connectivity index (χ0v) is 13.9. The molecule has 9 heteroatoms. The largest absolute Gasteiger partial charge is 0.453 e. The van der Waals surface area contributed by atoms with E-state index in [-0.39, 0.29) is 18.0 Å². The van der Waals surface area contributed by atoms with Crippen LogP contribution in [0.1, 0.15) is 0 Å². The van der Waals surface area contributed by atoms with Crippen LogP contribution in [0.25, 0.3) is 0 Å². The number of benzene rings is 1. The summed E-state index contributed by atoms with van der Waals surface area (Å²) in [7, 11) is -2.34. The van der Waals surface area contributed by atoms with E-state index in [4.69, 9.17) is 5.73 Å². The Hall–Kier alpha value is -1.32. The van der Waals surface area contributed by atoms with Crippen molar-refractivity contribution in [3.05, 3.63) is 22.7 Å². The molecule has 1 aromatic carbocycles. The smallest absolute Gasteiger partial charge is 0.409 e. The first-order valence-corrected chi connectivity index (χ1v) is 8.47. The second kappa shape index (κ2) is 6.20. The van der Waals surface area contributed by atoms with Gasteiger partial charge in [-0.2, -0.15) is 4.31 Å². The van der Waals surface area contributed by atoms with Crippen LogP contribution in [0.4, 0.5) is 10.5 Å². The molecule has 0 aromatic heterocycles. The highest BCUT2D eigenvalue weighted by Gasteiger charge is 2.31. The summed E-state index contributed by atoms with van der Waals surface area (Å²) in [6.45, 7) is 1.04. The number of amides is 1. The average molecular weight is 378 g/mol. The molecule has 1 aliphatic heterocycles. The summed E-state index contributed by atoms with van der Waals surface area (Å²) < 4.78 is 31.7. The molecule has 0 spiro atoms. The first-order valence-electron chi connectivity index (χ1n) is 6.24. The van der Waals surface area contributed by atoms with Crippen LogP contribution >= 0.6 is 15.9 Å². The highest BCUT2D eigenvalue weighted by Crippen LogP contribution is 2.27. The van der Waals surface area contributed by atoms with Gasteiger partial charge in [0, 0.05) is 36.3 Å². The summed E-state index contributed by atoms with van der Waals surface area (Å²) in [5, 5.41) is 0. The highest BCUT2D eigenvalue weighted by atomic mass is 79.9. The number of nitrogen functional groups attached to an aromatic ring is 1. The molecule has 0 saturated carbocycles. The van der Waals surface area contributed by atoms with Crippen LogP contribution < -0.4 is 5.73 Å². The summed E-state index contributed by atoms with van der Waals surface area (Å²) in [5.41, 5.74) is 6.04. The highest BCUT2D eigenvalue weighted by molar-refractivity contribution is 9.10. The fraction of sp³-hybridized carbons (Fsp3) is 0.417. The number of carbonyl (C=O) groups excluding carboxylic acids is 1. The van der Waals surface area contributed by atoms with Gasteiger partial charge < -0.3 is 15.4 Å². The lowest BCUT2D eigenvalue weighted by Gasteiger charge is -2.33. The Labute approximate surface area is 131 Å². The second-order valence-corrected chi connectivity index (χ2v) is 7.31. The minimum atomic E-state index is -3.64. The van der Waals surface area contributed by atoms with Crippen LogP contribution in [-0.4, -0.2) is 57.0 Å². The lowest BCUT2D eigenvalue weighted by molar-refractivity contribution is 0.108. The number of nitrogens with two attached hydrogens (primary N) is 1. The average Bonchev–Trinajstić information content (AvgIpc) is 2.49. The van der Waals surface area contributed by atoms with Gasteiger partial charge in [0.2, 0.25) is 10.0 Å². The Bertz CT molecular complexity index is 642. The van der Waals surface area contributed by atoms with Crippen LogP contribution in [-0.2, 0) is 14.8 Å². The van der Waals surface area contributed by atoms with Crippen molar-refractivity contribution >= 4 is 37.7 Å². The Kier molecular flexibility index (Phi) is 4.74. The summed E-state index contributed by atoms with van der Waals surface area (Å²) in [4.78, 5) is 13.0. The topological polar surface area (TPSA) is 92.9 Å².